The Balaban J connectivity index is 1.69. The van der Waals surface area contributed by atoms with Crippen LogP contribution in [0.2, 0.25) is 0 Å². The summed E-state index contributed by atoms with van der Waals surface area (Å²) < 4.78 is 0. The second-order valence-corrected chi connectivity index (χ2v) is 6.56. The zero-order valence-corrected chi connectivity index (χ0v) is 13.2. The maximum atomic E-state index is 9.47. The van der Waals surface area contributed by atoms with Crippen LogP contribution in [0.4, 0.5) is 0 Å². The molecule has 2 unspecified atom stereocenters. The molecule has 0 aromatic carbocycles. The summed E-state index contributed by atoms with van der Waals surface area (Å²) in [5.74, 6) is 0.520. The molecule has 2 fully saturated rings. The molecule has 0 spiro atoms. The molecule has 0 amide bonds. The minimum Gasteiger partial charge on any atom is -0.305 e. The highest BCUT2D eigenvalue weighted by atomic mass is 15.2. The molecule has 0 bridgehead atoms. The Morgan fingerprint density at radius 3 is 2.70 bits per heavy atom. The van der Waals surface area contributed by atoms with Gasteiger partial charge in [-0.05, 0) is 71.8 Å². The molecule has 1 N–H and O–H groups in total. The SMILES string of the molecule is CNC1(C#N)CCCC1CCN(C)CCN1CCCC1. The standard InChI is InChI=1S/C16H30N4/c1-18-16(14-17)8-5-6-15(16)7-11-19(2)12-13-20-9-3-4-10-20/h15,18H,3-13H2,1-2H3. The fraction of sp³-hybridized carbons (Fsp3) is 0.938. The van der Waals surface area contributed by atoms with Gasteiger partial charge in [0.15, 0.2) is 0 Å². The molecule has 2 atom stereocenters. The number of nitriles is 1. The highest BCUT2D eigenvalue weighted by Crippen LogP contribution is 2.37. The van der Waals surface area contributed by atoms with Crippen molar-refractivity contribution in [2.45, 2.75) is 44.1 Å². The van der Waals surface area contributed by atoms with Crippen LogP contribution in [-0.4, -0.2) is 62.2 Å². The molecule has 0 aromatic rings. The van der Waals surface area contributed by atoms with Crippen molar-refractivity contribution in [1.29, 1.82) is 5.26 Å². The second-order valence-electron chi connectivity index (χ2n) is 6.56. The number of likely N-dealkylation sites (tertiary alicyclic amines) is 1. The van der Waals surface area contributed by atoms with Crippen molar-refractivity contribution in [3.05, 3.63) is 0 Å². The molecule has 0 aromatic heterocycles. The van der Waals surface area contributed by atoms with Gasteiger partial charge in [0.2, 0.25) is 0 Å². The predicted octanol–water partition coefficient (Wildman–Crippen LogP) is 1.69. The Kier molecular flexibility index (Phi) is 5.83. The summed E-state index contributed by atoms with van der Waals surface area (Å²) in [6.45, 7) is 6.05. The van der Waals surface area contributed by atoms with Gasteiger partial charge in [-0.15, -0.1) is 0 Å². The highest BCUT2D eigenvalue weighted by Gasteiger charge is 2.41. The van der Waals surface area contributed by atoms with E-state index in [1.54, 1.807) is 0 Å². The first-order valence-corrected chi connectivity index (χ1v) is 8.21. The molecule has 1 aliphatic carbocycles. The highest BCUT2D eigenvalue weighted by molar-refractivity contribution is 5.13. The lowest BCUT2D eigenvalue weighted by molar-refractivity contribution is 0.227. The van der Waals surface area contributed by atoms with E-state index in [0.717, 1.165) is 25.9 Å². The lowest BCUT2D eigenvalue weighted by atomic mass is 9.86. The van der Waals surface area contributed by atoms with Crippen LogP contribution >= 0.6 is 0 Å². The monoisotopic (exact) mass is 278 g/mol. The zero-order chi connectivity index (χ0) is 14.4. The van der Waals surface area contributed by atoms with Gasteiger partial charge < -0.3 is 15.1 Å². The third-order valence-electron chi connectivity index (χ3n) is 5.32. The minimum atomic E-state index is -0.254. The topological polar surface area (TPSA) is 42.3 Å². The van der Waals surface area contributed by atoms with E-state index in [0.29, 0.717) is 5.92 Å². The van der Waals surface area contributed by atoms with Gasteiger partial charge >= 0.3 is 0 Å². The number of hydrogen-bond acceptors (Lipinski definition) is 4. The largest absolute Gasteiger partial charge is 0.305 e. The van der Waals surface area contributed by atoms with Crippen molar-refractivity contribution in [3.8, 4) is 6.07 Å². The summed E-state index contributed by atoms with van der Waals surface area (Å²) in [6.07, 6.45) is 7.30. The van der Waals surface area contributed by atoms with Crippen molar-refractivity contribution in [1.82, 2.24) is 15.1 Å². The lowest BCUT2D eigenvalue weighted by Crippen LogP contribution is -2.45. The lowest BCUT2D eigenvalue weighted by Gasteiger charge is -2.30. The number of likely N-dealkylation sites (N-methyl/N-ethyl adjacent to an activating group) is 1. The van der Waals surface area contributed by atoms with Crippen molar-refractivity contribution in [2.24, 2.45) is 5.92 Å². The fourth-order valence-corrected chi connectivity index (χ4v) is 3.81. The number of rotatable bonds is 7. The van der Waals surface area contributed by atoms with Crippen LogP contribution in [0, 0.1) is 17.2 Å². The van der Waals surface area contributed by atoms with Gasteiger partial charge in [-0.3, -0.25) is 0 Å². The smallest absolute Gasteiger partial charge is 0.109 e. The van der Waals surface area contributed by atoms with E-state index in [-0.39, 0.29) is 5.54 Å². The zero-order valence-electron chi connectivity index (χ0n) is 13.2. The molecule has 4 nitrogen and oxygen atoms in total. The first kappa shape index (κ1) is 15.8. The van der Waals surface area contributed by atoms with Crippen LogP contribution in [0.25, 0.3) is 0 Å². The van der Waals surface area contributed by atoms with E-state index < -0.39 is 0 Å². The quantitative estimate of drug-likeness (QED) is 0.769. The number of nitrogens with one attached hydrogen (secondary N) is 1. The number of nitrogens with zero attached hydrogens (tertiary/aromatic N) is 3. The van der Waals surface area contributed by atoms with Crippen LogP contribution < -0.4 is 5.32 Å². The van der Waals surface area contributed by atoms with Crippen LogP contribution in [-0.2, 0) is 0 Å². The molecule has 1 saturated carbocycles. The molecule has 2 rings (SSSR count). The first-order valence-electron chi connectivity index (χ1n) is 8.21. The van der Waals surface area contributed by atoms with Gasteiger partial charge in [-0.1, -0.05) is 6.42 Å². The van der Waals surface area contributed by atoms with Gasteiger partial charge in [0.05, 0.1) is 6.07 Å². The third kappa shape index (κ3) is 3.72. The van der Waals surface area contributed by atoms with Crippen molar-refractivity contribution < 1.29 is 0 Å². The Hall–Kier alpha value is -0.630. The summed E-state index contributed by atoms with van der Waals surface area (Å²) in [6, 6.07) is 2.54. The van der Waals surface area contributed by atoms with E-state index in [9.17, 15) is 5.26 Å². The Morgan fingerprint density at radius 1 is 1.30 bits per heavy atom. The van der Waals surface area contributed by atoms with E-state index in [4.69, 9.17) is 0 Å². The van der Waals surface area contributed by atoms with Crippen molar-refractivity contribution in [2.75, 3.05) is 46.8 Å². The maximum Gasteiger partial charge on any atom is 0.109 e. The van der Waals surface area contributed by atoms with E-state index in [1.165, 1.54) is 45.3 Å². The normalized spacial score (nSPS) is 31.0. The Bertz CT molecular complexity index is 332. The second kappa shape index (κ2) is 7.40. The van der Waals surface area contributed by atoms with E-state index in [2.05, 4.69) is 28.2 Å². The van der Waals surface area contributed by atoms with Gasteiger partial charge in [0, 0.05) is 13.1 Å². The summed E-state index contributed by atoms with van der Waals surface area (Å²) in [5.41, 5.74) is -0.254. The van der Waals surface area contributed by atoms with Crippen LogP contribution in [0.15, 0.2) is 0 Å². The first-order chi connectivity index (χ1) is 9.70. The summed E-state index contributed by atoms with van der Waals surface area (Å²) >= 11 is 0. The molecular formula is C16H30N4. The van der Waals surface area contributed by atoms with Crippen molar-refractivity contribution in [3.63, 3.8) is 0 Å². The molecule has 114 valence electrons. The van der Waals surface area contributed by atoms with Crippen molar-refractivity contribution >= 4 is 0 Å². The summed E-state index contributed by atoms with van der Waals surface area (Å²) in [7, 11) is 4.16. The predicted molar refractivity (Wildman–Crippen MR) is 82.5 cm³/mol. The van der Waals surface area contributed by atoms with E-state index in [1.807, 2.05) is 7.05 Å². The average Bonchev–Trinajstić information content (AvgIpc) is 3.12. The van der Waals surface area contributed by atoms with Crippen LogP contribution in [0.1, 0.15) is 38.5 Å². The van der Waals surface area contributed by atoms with E-state index >= 15 is 0 Å². The summed E-state index contributed by atoms with van der Waals surface area (Å²) in [4.78, 5) is 5.01. The molecule has 0 radical (unpaired) electrons. The molecule has 20 heavy (non-hydrogen) atoms. The van der Waals surface area contributed by atoms with Gasteiger partial charge in [0.25, 0.3) is 0 Å². The van der Waals surface area contributed by atoms with Gasteiger partial charge in [-0.2, -0.15) is 5.26 Å². The molecule has 1 aliphatic heterocycles. The molecular weight excluding hydrogens is 248 g/mol. The third-order valence-corrected chi connectivity index (χ3v) is 5.32. The van der Waals surface area contributed by atoms with Gasteiger partial charge in [0.1, 0.15) is 5.54 Å². The van der Waals surface area contributed by atoms with Crippen LogP contribution in [0.3, 0.4) is 0 Å². The van der Waals surface area contributed by atoms with Crippen LogP contribution in [0.5, 0.6) is 0 Å². The average molecular weight is 278 g/mol. The molecule has 2 aliphatic rings. The minimum absolute atomic E-state index is 0.254. The fourth-order valence-electron chi connectivity index (χ4n) is 3.81. The molecule has 1 saturated heterocycles. The van der Waals surface area contributed by atoms with Gasteiger partial charge in [-0.25, -0.2) is 0 Å². The summed E-state index contributed by atoms with van der Waals surface area (Å²) in [5, 5.41) is 12.8. The maximum absolute atomic E-state index is 9.47. The molecule has 1 heterocycles. The molecule has 4 heteroatoms. The Morgan fingerprint density at radius 2 is 2.05 bits per heavy atom. The number of hydrogen-bond donors (Lipinski definition) is 1. The Labute approximate surface area is 124 Å².